The molecule has 1 heterocycles. The molecule has 0 spiro atoms. The van der Waals surface area contributed by atoms with Crippen LogP contribution in [0, 0.1) is 10.1 Å². The molecule has 0 aliphatic carbocycles. The Morgan fingerprint density at radius 3 is 2.56 bits per heavy atom. The molecule has 5 nitrogen and oxygen atoms in total. The molecular formula is C7H5ClF3N3O2. The second kappa shape index (κ2) is 4.12. The van der Waals surface area contributed by atoms with Crippen LogP contribution in [0.4, 0.5) is 13.2 Å². The minimum absolute atomic E-state index is 0.314. The largest absolute Gasteiger partial charge is 0.435 e. The number of nitro groups is 1. The maximum absolute atomic E-state index is 12.4. The van der Waals surface area contributed by atoms with Crippen LogP contribution in [0.1, 0.15) is 11.3 Å². The fourth-order valence-electron chi connectivity index (χ4n) is 1.01. The van der Waals surface area contributed by atoms with Gasteiger partial charge in [0.2, 0.25) is 6.20 Å². The summed E-state index contributed by atoms with van der Waals surface area (Å²) in [4.78, 5) is 9.13. The van der Waals surface area contributed by atoms with Gasteiger partial charge in [0.15, 0.2) is 5.69 Å². The summed E-state index contributed by atoms with van der Waals surface area (Å²) >= 11 is 5.53. The Morgan fingerprint density at radius 1 is 1.56 bits per heavy atom. The fraction of sp³-hybridized carbons (Fsp3) is 0.286. The van der Waals surface area contributed by atoms with Crippen molar-refractivity contribution >= 4 is 17.7 Å². The molecule has 0 aromatic carbocycles. The number of aryl methyl sites for hydroxylation is 1. The van der Waals surface area contributed by atoms with E-state index in [9.17, 15) is 23.3 Å². The first kappa shape index (κ1) is 12.5. The first-order valence-corrected chi connectivity index (χ1v) is 4.22. The highest BCUT2D eigenvalue weighted by Crippen LogP contribution is 2.34. The number of aromatic nitrogens is 2. The molecule has 1 rings (SSSR count). The lowest BCUT2D eigenvalue weighted by Crippen LogP contribution is -2.08. The number of alkyl halides is 3. The molecule has 0 saturated heterocycles. The predicted octanol–water partition coefficient (Wildman–Crippen LogP) is 2.34. The van der Waals surface area contributed by atoms with E-state index in [1.807, 2.05) is 0 Å². The van der Waals surface area contributed by atoms with E-state index in [1.165, 1.54) is 7.05 Å². The van der Waals surface area contributed by atoms with E-state index < -0.39 is 22.4 Å². The SMILES string of the molecule is Cn1nc(C(F)(F)F)c(/C=C/[N+](=O)[O-])c1Cl. The minimum atomic E-state index is -4.71. The van der Waals surface area contributed by atoms with Gasteiger partial charge in [-0.05, 0) is 0 Å². The van der Waals surface area contributed by atoms with Gasteiger partial charge in [0.1, 0.15) is 5.15 Å². The molecule has 0 bridgehead atoms. The third kappa shape index (κ3) is 2.51. The molecule has 0 aliphatic rings. The Hall–Kier alpha value is -1.57. The number of nitrogens with zero attached hydrogens (tertiary/aromatic N) is 3. The molecule has 0 amide bonds. The molecule has 0 unspecified atom stereocenters. The smallest absolute Gasteiger partial charge is 0.259 e. The minimum Gasteiger partial charge on any atom is -0.259 e. The van der Waals surface area contributed by atoms with E-state index in [-0.39, 0.29) is 5.15 Å². The van der Waals surface area contributed by atoms with E-state index in [2.05, 4.69) is 5.10 Å². The molecule has 0 N–H and O–H groups in total. The normalized spacial score (nSPS) is 12.3. The lowest BCUT2D eigenvalue weighted by atomic mass is 10.2. The van der Waals surface area contributed by atoms with E-state index in [0.717, 1.165) is 4.68 Å². The second-order valence-corrected chi connectivity index (χ2v) is 3.13. The summed E-state index contributed by atoms with van der Waals surface area (Å²) in [6.45, 7) is 0. The topological polar surface area (TPSA) is 61.0 Å². The standard InChI is InChI=1S/C7H5ClF3N3O2/c1-13-6(8)4(2-3-14(15)16)5(12-13)7(9,10)11/h2-3H,1H3/b3-2+. The highest BCUT2D eigenvalue weighted by atomic mass is 35.5. The lowest BCUT2D eigenvalue weighted by Gasteiger charge is -2.02. The number of hydrogen-bond acceptors (Lipinski definition) is 3. The quantitative estimate of drug-likeness (QED) is 0.602. The molecule has 9 heteroatoms. The first-order valence-electron chi connectivity index (χ1n) is 3.85. The Bertz CT molecular complexity index is 452. The van der Waals surface area contributed by atoms with Gasteiger partial charge in [-0.3, -0.25) is 14.8 Å². The van der Waals surface area contributed by atoms with Crippen molar-refractivity contribution in [2.75, 3.05) is 0 Å². The van der Waals surface area contributed by atoms with Crippen LogP contribution in [-0.2, 0) is 13.2 Å². The summed E-state index contributed by atoms with van der Waals surface area (Å²) in [5.74, 6) is 0. The Balaban J connectivity index is 3.30. The average Bonchev–Trinajstić information content (AvgIpc) is 2.40. The van der Waals surface area contributed by atoms with E-state index in [1.54, 1.807) is 0 Å². The summed E-state index contributed by atoms with van der Waals surface area (Å²) in [5, 5.41) is 12.8. The molecule has 0 atom stereocenters. The van der Waals surface area contributed by atoms with Crippen LogP contribution >= 0.6 is 11.6 Å². The van der Waals surface area contributed by atoms with Gasteiger partial charge in [0, 0.05) is 13.1 Å². The average molecular weight is 256 g/mol. The van der Waals surface area contributed by atoms with Crippen molar-refractivity contribution in [3.05, 3.63) is 32.7 Å². The maximum Gasteiger partial charge on any atom is 0.435 e. The molecular weight excluding hydrogens is 251 g/mol. The second-order valence-electron chi connectivity index (χ2n) is 2.78. The molecule has 0 aliphatic heterocycles. The van der Waals surface area contributed by atoms with Crippen LogP contribution in [0.3, 0.4) is 0 Å². The van der Waals surface area contributed by atoms with Crippen LogP contribution in [0.5, 0.6) is 0 Å². The van der Waals surface area contributed by atoms with Crippen molar-refractivity contribution in [1.82, 2.24) is 9.78 Å². The van der Waals surface area contributed by atoms with Gasteiger partial charge >= 0.3 is 6.18 Å². The van der Waals surface area contributed by atoms with Gasteiger partial charge in [-0.25, -0.2) is 0 Å². The van der Waals surface area contributed by atoms with E-state index in [0.29, 0.717) is 12.3 Å². The first-order chi connectivity index (χ1) is 7.23. The molecule has 1 aromatic rings. The van der Waals surface area contributed by atoms with E-state index in [4.69, 9.17) is 11.6 Å². The van der Waals surface area contributed by atoms with Crippen LogP contribution in [0.2, 0.25) is 5.15 Å². The van der Waals surface area contributed by atoms with Gasteiger partial charge in [0.25, 0.3) is 0 Å². The van der Waals surface area contributed by atoms with Crippen LogP contribution in [0.25, 0.3) is 6.08 Å². The van der Waals surface area contributed by atoms with Crippen LogP contribution in [-0.4, -0.2) is 14.7 Å². The molecule has 0 radical (unpaired) electrons. The Kier molecular flexibility index (Phi) is 3.22. The molecule has 16 heavy (non-hydrogen) atoms. The van der Waals surface area contributed by atoms with Gasteiger partial charge < -0.3 is 0 Å². The summed E-state index contributed by atoms with van der Waals surface area (Å²) in [6.07, 6.45) is -3.67. The predicted molar refractivity (Wildman–Crippen MR) is 49.2 cm³/mol. The van der Waals surface area contributed by atoms with Crippen LogP contribution < -0.4 is 0 Å². The monoisotopic (exact) mass is 255 g/mol. The van der Waals surface area contributed by atoms with Crippen LogP contribution in [0.15, 0.2) is 6.20 Å². The molecule has 88 valence electrons. The third-order valence-corrected chi connectivity index (χ3v) is 2.09. The zero-order valence-corrected chi connectivity index (χ0v) is 8.58. The highest BCUT2D eigenvalue weighted by Gasteiger charge is 2.38. The van der Waals surface area contributed by atoms with Gasteiger partial charge in [-0.2, -0.15) is 18.3 Å². The number of halogens is 4. The van der Waals surface area contributed by atoms with Crippen molar-refractivity contribution in [1.29, 1.82) is 0 Å². The number of rotatable bonds is 2. The van der Waals surface area contributed by atoms with Gasteiger partial charge in [-0.15, -0.1) is 0 Å². The lowest BCUT2D eigenvalue weighted by molar-refractivity contribution is -0.400. The van der Waals surface area contributed by atoms with Crippen molar-refractivity contribution in [3.8, 4) is 0 Å². The Labute approximate surface area is 92.3 Å². The summed E-state index contributed by atoms with van der Waals surface area (Å²) < 4.78 is 38.1. The van der Waals surface area contributed by atoms with E-state index >= 15 is 0 Å². The zero-order chi connectivity index (χ0) is 12.5. The molecule has 1 aromatic heterocycles. The van der Waals surface area contributed by atoms with Gasteiger partial charge in [0.05, 0.1) is 10.5 Å². The van der Waals surface area contributed by atoms with Crippen molar-refractivity contribution in [2.24, 2.45) is 7.05 Å². The maximum atomic E-state index is 12.4. The highest BCUT2D eigenvalue weighted by molar-refractivity contribution is 6.31. The summed E-state index contributed by atoms with van der Waals surface area (Å²) in [5.41, 5.74) is -1.77. The Morgan fingerprint density at radius 2 is 2.12 bits per heavy atom. The molecule has 0 fully saturated rings. The third-order valence-electron chi connectivity index (χ3n) is 1.64. The van der Waals surface area contributed by atoms with Crippen molar-refractivity contribution in [3.63, 3.8) is 0 Å². The molecule has 0 saturated carbocycles. The van der Waals surface area contributed by atoms with Crippen molar-refractivity contribution in [2.45, 2.75) is 6.18 Å². The zero-order valence-electron chi connectivity index (χ0n) is 7.82. The summed E-state index contributed by atoms with van der Waals surface area (Å²) in [6, 6.07) is 0. The van der Waals surface area contributed by atoms with Crippen molar-refractivity contribution < 1.29 is 18.1 Å². The van der Waals surface area contributed by atoms with Gasteiger partial charge in [-0.1, -0.05) is 11.6 Å². The fourth-order valence-corrected chi connectivity index (χ4v) is 1.20. The summed E-state index contributed by atoms with van der Waals surface area (Å²) in [7, 11) is 1.21. The number of hydrogen-bond donors (Lipinski definition) is 0.